The second-order valence-corrected chi connectivity index (χ2v) is 4.60. The van der Waals surface area contributed by atoms with Gasteiger partial charge in [-0.3, -0.25) is 4.79 Å². The van der Waals surface area contributed by atoms with Crippen LogP contribution >= 0.6 is 0 Å². The van der Waals surface area contributed by atoms with Crippen molar-refractivity contribution in [3.8, 4) is 0 Å². The molecule has 1 fully saturated rings. The van der Waals surface area contributed by atoms with Gasteiger partial charge in [-0.15, -0.1) is 0 Å². The van der Waals surface area contributed by atoms with E-state index in [1.807, 2.05) is 30.3 Å². The molecule has 110 valence electrons. The van der Waals surface area contributed by atoms with E-state index in [0.29, 0.717) is 0 Å². The molecule has 21 heavy (non-hydrogen) atoms. The molecule has 0 radical (unpaired) electrons. The standard InChI is InChI=1S/C15H15NO5/c1-9(12-15(19)21-10(2)13(17)16-12)14(18)20-8-11-6-4-3-5-7-11/h3-7,10H,8H2,1-2H3,(H,16,17)/b12-9+. The number of morpholine rings is 1. The van der Waals surface area contributed by atoms with Gasteiger partial charge in [0, 0.05) is 0 Å². The van der Waals surface area contributed by atoms with Crippen LogP contribution in [0, 0.1) is 0 Å². The number of benzene rings is 1. The van der Waals surface area contributed by atoms with E-state index in [9.17, 15) is 14.4 Å². The Balaban J connectivity index is 2.06. The third kappa shape index (κ3) is 3.47. The van der Waals surface area contributed by atoms with Crippen molar-refractivity contribution >= 4 is 17.8 Å². The van der Waals surface area contributed by atoms with Gasteiger partial charge in [0.2, 0.25) is 0 Å². The van der Waals surface area contributed by atoms with Crippen LogP contribution in [0.3, 0.4) is 0 Å². The number of hydrogen-bond acceptors (Lipinski definition) is 5. The molecule has 1 saturated heterocycles. The monoisotopic (exact) mass is 289 g/mol. The number of hydrogen-bond donors (Lipinski definition) is 1. The number of amides is 1. The van der Waals surface area contributed by atoms with Crippen LogP contribution in [-0.4, -0.2) is 23.9 Å². The van der Waals surface area contributed by atoms with E-state index in [-0.39, 0.29) is 17.9 Å². The van der Waals surface area contributed by atoms with Gasteiger partial charge in [0.05, 0.1) is 5.57 Å². The summed E-state index contributed by atoms with van der Waals surface area (Å²) in [6.07, 6.45) is -0.866. The third-order valence-corrected chi connectivity index (χ3v) is 3.00. The zero-order valence-electron chi connectivity index (χ0n) is 11.7. The molecule has 1 heterocycles. The highest BCUT2D eigenvalue weighted by molar-refractivity contribution is 6.05. The molecular weight excluding hydrogens is 274 g/mol. The lowest BCUT2D eigenvalue weighted by Crippen LogP contribution is -2.45. The molecule has 0 saturated carbocycles. The van der Waals surface area contributed by atoms with Gasteiger partial charge in [-0.1, -0.05) is 30.3 Å². The van der Waals surface area contributed by atoms with Crippen LogP contribution < -0.4 is 5.32 Å². The van der Waals surface area contributed by atoms with Crippen LogP contribution in [0.15, 0.2) is 41.6 Å². The smallest absolute Gasteiger partial charge is 0.356 e. The molecule has 6 nitrogen and oxygen atoms in total. The molecule has 1 N–H and O–H groups in total. The number of nitrogens with one attached hydrogen (secondary N) is 1. The lowest BCUT2D eigenvalue weighted by molar-refractivity contribution is -0.156. The largest absolute Gasteiger partial charge is 0.457 e. The molecular formula is C15H15NO5. The zero-order valence-corrected chi connectivity index (χ0v) is 11.7. The van der Waals surface area contributed by atoms with Gasteiger partial charge < -0.3 is 14.8 Å². The van der Waals surface area contributed by atoms with Crippen LogP contribution in [0.4, 0.5) is 0 Å². The molecule has 0 bridgehead atoms. The second kappa shape index (κ2) is 6.21. The average Bonchev–Trinajstić information content (AvgIpc) is 2.49. The molecule has 1 aliphatic heterocycles. The number of cyclic esters (lactones) is 1. The van der Waals surface area contributed by atoms with Gasteiger partial charge >= 0.3 is 11.9 Å². The molecule has 6 heteroatoms. The highest BCUT2D eigenvalue weighted by Gasteiger charge is 2.31. The zero-order chi connectivity index (χ0) is 15.4. The van der Waals surface area contributed by atoms with Gasteiger partial charge in [-0.2, -0.15) is 0 Å². The maximum Gasteiger partial charge on any atom is 0.356 e. The van der Waals surface area contributed by atoms with Crippen molar-refractivity contribution in [3.63, 3.8) is 0 Å². The minimum atomic E-state index is -0.866. The van der Waals surface area contributed by atoms with E-state index in [0.717, 1.165) is 5.56 Å². The van der Waals surface area contributed by atoms with Crippen LogP contribution in [0.1, 0.15) is 19.4 Å². The normalized spacial score (nSPS) is 20.4. The summed E-state index contributed by atoms with van der Waals surface area (Å²) >= 11 is 0. The lowest BCUT2D eigenvalue weighted by Gasteiger charge is -2.22. The van der Waals surface area contributed by atoms with Crippen LogP contribution in [0.5, 0.6) is 0 Å². The number of rotatable bonds is 3. The van der Waals surface area contributed by atoms with Crippen molar-refractivity contribution in [2.45, 2.75) is 26.6 Å². The summed E-state index contributed by atoms with van der Waals surface area (Å²) < 4.78 is 9.93. The molecule has 0 aromatic heterocycles. The average molecular weight is 289 g/mol. The molecule has 1 aromatic carbocycles. The molecule has 0 aliphatic carbocycles. The minimum Gasteiger partial charge on any atom is -0.457 e. The van der Waals surface area contributed by atoms with Crippen molar-refractivity contribution in [2.24, 2.45) is 0 Å². The molecule has 2 rings (SSSR count). The fourth-order valence-electron chi connectivity index (χ4n) is 1.73. The number of carbonyl (C=O) groups is 3. The Morgan fingerprint density at radius 3 is 2.62 bits per heavy atom. The Hall–Kier alpha value is -2.63. The summed E-state index contributed by atoms with van der Waals surface area (Å²) in [6.45, 7) is 2.94. The van der Waals surface area contributed by atoms with Gasteiger partial charge in [-0.25, -0.2) is 9.59 Å². The fourth-order valence-corrected chi connectivity index (χ4v) is 1.73. The summed E-state index contributed by atoms with van der Waals surface area (Å²) in [7, 11) is 0. The Bertz CT molecular complexity index is 606. The summed E-state index contributed by atoms with van der Waals surface area (Å²) in [4.78, 5) is 35.1. The van der Waals surface area contributed by atoms with E-state index in [2.05, 4.69) is 5.32 Å². The number of carbonyl (C=O) groups excluding carboxylic acids is 3. The quantitative estimate of drug-likeness (QED) is 0.665. The van der Waals surface area contributed by atoms with Crippen molar-refractivity contribution < 1.29 is 23.9 Å². The van der Waals surface area contributed by atoms with Crippen molar-refractivity contribution in [3.05, 3.63) is 47.2 Å². The topological polar surface area (TPSA) is 81.7 Å². The molecule has 0 spiro atoms. The van der Waals surface area contributed by atoms with Crippen molar-refractivity contribution in [2.75, 3.05) is 0 Å². The van der Waals surface area contributed by atoms with E-state index in [1.165, 1.54) is 13.8 Å². The highest BCUT2D eigenvalue weighted by atomic mass is 16.6. The lowest BCUT2D eigenvalue weighted by atomic mass is 10.2. The first-order valence-electron chi connectivity index (χ1n) is 6.43. The van der Waals surface area contributed by atoms with Crippen molar-refractivity contribution in [1.82, 2.24) is 5.32 Å². The SMILES string of the molecule is C/C(C(=O)OCc1ccccc1)=C1\NC(=O)C(C)OC1=O. The molecule has 1 atom stereocenters. The summed E-state index contributed by atoms with van der Waals surface area (Å²) in [5.74, 6) is -1.89. The maximum absolute atomic E-state index is 11.9. The first-order chi connectivity index (χ1) is 9.99. The third-order valence-electron chi connectivity index (χ3n) is 3.00. The maximum atomic E-state index is 11.9. The molecule has 1 aliphatic rings. The predicted octanol–water partition coefficient (Wildman–Crippen LogP) is 1.07. The van der Waals surface area contributed by atoms with E-state index in [1.54, 1.807) is 0 Å². The van der Waals surface area contributed by atoms with Crippen LogP contribution in [0.25, 0.3) is 0 Å². The highest BCUT2D eigenvalue weighted by Crippen LogP contribution is 2.13. The molecule has 1 amide bonds. The van der Waals surface area contributed by atoms with Gasteiger partial charge in [0.1, 0.15) is 12.3 Å². The van der Waals surface area contributed by atoms with Gasteiger partial charge in [0.15, 0.2) is 6.10 Å². The Morgan fingerprint density at radius 2 is 1.95 bits per heavy atom. The van der Waals surface area contributed by atoms with Crippen LogP contribution in [0.2, 0.25) is 0 Å². The van der Waals surface area contributed by atoms with Gasteiger partial charge in [-0.05, 0) is 19.4 Å². The molecule has 1 aromatic rings. The minimum absolute atomic E-state index is 0.0104. The summed E-state index contributed by atoms with van der Waals surface area (Å²) in [5, 5.41) is 2.36. The van der Waals surface area contributed by atoms with Crippen molar-refractivity contribution in [1.29, 1.82) is 0 Å². The summed E-state index contributed by atoms with van der Waals surface area (Å²) in [5.41, 5.74) is 0.667. The Labute approximate surface area is 121 Å². The first-order valence-corrected chi connectivity index (χ1v) is 6.43. The summed E-state index contributed by atoms with van der Waals surface area (Å²) in [6, 6.07) is 9.14. The van der Waals surface area contributed by atoms with Crippen LogP contribution in [-0.2, 0) is 30.5 Å². The first kappa shape index (κ1) is 14.8. The predicted molar refractivity (Wildman–Crippen MR) is 72.6 cm³/mol. The van der Waals surface area contributed by atoms with E-state index in [4.69, 9.17) is 9.47 Å². The second-order valence-electron chi connectivity index (χ2n) is 4.60. The van der Waals surface area contributed by atoms with Gasteiger partial charge in [0.25, 0.3) is 5.91 Å². The Kier molecular flexibility index (Phi) is 4.37. The number of ether oxygens (including phenoxy) is 2. The Morgan fingerprint density at radius 1 is 1.29 bits per heavy atom. The van der Waals surface area contributed by atoms with E-state index < -0.39 is 23.9 Å². The molecule has 1 unspecified atom stereocenters. The fraction of sp³-hybridized carbons (Fsp3) is 0.267. The number of esters is 2. The van der Waals surface area contributed by atoms with E-state index >= 15 is 0 Å².